The van der Waals surface area contributed by atoms with Gasteiger partial charge in [-0.1, -0.05) is 154 Å². The predicted molar refractivity (Wildman–Crippen MR) is 368 cm³/mol. The van der Waals surface area contributed by atoms with Crippen LogP contribution in [0.2, 0.25) is 0 Å². The number of phenolic OH excluding ortho intramolecular Hbond substituents is 1. The first kappa shape index (κ1) is 80.5. The van der Waals surface area contributed by atoms with Crippen LogP contribution in [-0.4, -0.2) is 149 Å². The number of amides is 9. The quantitative estimate of drug-likeness (QED) is 0.0219. The second-order valence-corrected chi connectivity index (χ2v) is 25.3. The van der Waals surface area contributed by atoms with Crippen molar-refractivity contribution in [3.8, 4) is 5.75 Å². The monoisotopic (exact) mass is 1330 g/mol. The smallest absolute Gasteiger partial charge is 0.243 e. The number of nitrogens with two attached hydrogens (primary N) is 4. The van der Waals surface area contributed by atoms with Crippen molar-refractivity contribution in [3.63, 3.8) is 0 Å². The zero-order valence-electron chi connectivity index (χ0n) is 57.1. The number of nitrogens with one attached hydrogen (secondary N) is 10. The fourth-order valence-electron chi connectivity index (χ4n) is 10.7. The predicted octanol–water partition coefficient (Wildman–Crippen LogP) is 3.47. The van der Waals surface area contributed by atoms with E-state index in [1.54, 1.807) is 42.5 Å². The third-order valence-corrected chi connectivity index (χ3v) is 15.9. The number of unbranched alkanes of at least 4 members (excludes halogenated alkanes) is 12. The Morgan fingerprint density at radius 2 is 0.863 bits per heavy atom. The molecule has 95 heavy (non-hydrogen) atoms. The lowest BCUT2D eigenvalue weighted by Crippen LogP contribution is -2.60. The van der Waals surface area contributed by atoms with E-state index in [9.17, 15) is 48.3 Å². The number of phenols is 1. The lowest BCUT2D eigenvalue weighted by Gasteiger charge is -2.28. The molecule has 0 radical (unpaired) electrons. The van der Waals surface area contributed by atoms with Crippen molar-refractivity contribution in [2.24, 2.45) is 44.8 Å². The van der Waals surface area contributed by atoms with Crippen molar-refractivity contribution in [2.75, 3.05) is 20.1 Å². The molecule has 3 rings (SSSR count). The number of aliphatic imine (C=N–C) groups is 2. The highest BCUT2D eigenvalue weighted by molar-refractivity contribution is 5.98. The molecule has 0 aliphatic heterocycles. The van der Waals surface area contributed by atoms with Gasteiger partial charge in [0.15, 0.2) is 11.9 Å². The van der Waals surface area contributed by atoms with E-state index in [-0.39, 0.29) is 106 Å². The van der Waals surface area contributed by atoms with Gasteiger partial charge in [0, 0.05) is 57.7 Å². The summed E-state index contributed by atoms with van der Waals surface area (Å²) in [6.07, 6.45) is 18.7. The van der Waals surface area contributed by atoms with Crippen molar-refractivity contribution in [1.29, 1.82) is 0 Å². The molecule has 2 aromatic carbocycles. The average Bonchev–Trinajstić information content (AvgIpc) is 0.928. The molecule has 0 aliphatic rings. The maximum Gasteiger partial charge on any atom is 0.243 e. The van der Waals surface area contributed by atoms with E-state index in [1.807, 2.05) is 27.7 Å². The maximum absolute atomic E-state index is 14.9. The number of carbonyl (C=O) groups is 9. The van der Waals surface area contributed by atoms with Gasteiger partial charge >= 0.3 is 0 Å². The van der Waals surface area contributed by atoms with Gasteiger partial charge in [-0.15, -0.1) is 0 Å². The Morgan fingerprint density at radius 1 is 0.463 bits per heavy atom. The molecule has 0 spiro atoms. The molecule has 3 aromatic rings. The number of carbonyl (C=O) groups excluding carboxylic acids is 9. The maximum atomic E-state index is 14.9. The Labute approximate surface area is 561 Å². The van der Waals surface area contributed by atoms with Crippen LogP contribution in [0.5, 0.6) is 5.75 Å². The summed E-state index contributed by atoms with van der Waals surface area (Å²) in [5.41, 5.74) is 24.2. The van der Waals surface area contributed by atoms with E-state index >= 15 is 0 Å². The zero-order valence-corrected chi connectivity index (χ0v) is 57.1. The van der Waals surface area contributed by atoms with E-state index in [0.717, 1.165) is 19.3 Å². The molecule has 0 saturated heterocycles. The minimum absolute atomic E-state index is 0.00230. The lowest BCUT2D eigenvalue weighted by molar-refractivity contribution is -0.136. The molecule has 27 nitrogen and oxygen atoms in total. The minimum atomic E-state index is -1.42. The fourth-order valence-corrected chi connectivity index (χ4v) is 10.7. The number of hydrogen-bond donors (Lipinski definition) is 15. The molecule has 1 aromatic heterocycles. The molecule has 8 atom stereocenters. The molecule has 1 heterocycles. The Hall–Kier alpha value is -8.78. The van der Waals surface area contributed by atoms with E-state index in [4.69, 9.17) is 22.9 Å². The molecule has 0 aliphatic carbocycles. The number of imidazole rings is 1. The Balaban J connectivity index is 1.90. The standard InChI is InChI=1S/C68H111N17O10/c1-8-9-10-11-12-13-14-15-16-17-18-19-23-30-58(87)79-53(37-44(2)3)63(92)78-46(6)59(88)82-55(40-48-31-33-50(86)34-32-48)66(95)84-56(39-47-26-21-20-22-27-47)65(94)81-51(28-24-35-75-67(69)70)61(90)80-52(29-25-36-76-68(71)72)62(91)83-54(38-45(4)5)64(93)85-57(60(89)73-7)41-49-42-74-43-77-49/h20-22,26-27,31-34,42-46,51-57,86H,8-19,23-25,28-30,35-41H2,1-7H3,(H,73,89)(H,74,77)(H,78,92)(H,79,87)(H,80,90)(H,81,94)(H,82,88)(H,83,91)(H,84,95)(H,85,93)(H4,69,70,75)(H4,71,72,76)/t46-,51-,52-,53-,54-,55-,56-,57-/m0/s1. The van der Waals surface area contributed by atoms with Gasteiger partial charge in [-0.05, 0) is 87.0 Å². The van der Waals surface area contributed by atoms with Gasteiger partial charge in [0.05, 0.1) is 6.33 Å². The summed E-state index contributed by atoms with van der Waals surface area (Å²) >= 11 is 0. The number of nitrogens with zero attached hydrogens (tertiary/aromatic N) is 3. The van der Waals surface area contributed by atoms with Gasteiger partial charge in [-0.2, -0.15) is 0 Å². The van der Waals surface area contributed by atoms with Crippen molar-refractivity contribution in [3.05, 3.63) is 83.9 Å². The summed E-state index contributed by atoms with van der Waals surface area (Å²) in [7, 11) is 1.42. The van der Waals surface area contributed by atoms with Crippen LogP contribution in [-0.2, 0) is 62.4 Å². The average molecular weight is 1330 g/mol. The van der Waals surface area contributed by atoms with Gasteiger partial charge in [0.25, 0.3) is 0 Å². The molecular formula is C68H111N17O10. The van der Waals surface area contributed by atoms with Crippen LogP contribution in [0.4, 0.5) is 0 Å². The van der Waals surface area contributed by atoms with Crippen molar-refractivity contribution >= 4 is 65.1 Å². The van der Waals surface area contributed by atoms with Crippen LogP contribution in [0.3, 0.4) is 0 Å². The van der Waals surface area contributed by atoms with Gasteiger partial charge in [0.2, 0.25) is 53.2 Å². The van der Waals surface area contributed by atoms with Crippen LogP contribution in [0.15, 0.2) is 77.1 Å². The molecule has 0 saturated carbocycles. The van der Waals surface area contributed by atoms with Crippen LogP contribution in [0.1, 0.15) is 187 Å². The summed E-state index contributed by atoms with van der Waals surface area (Å²) in [5, 5.41) is 34.9. The number of aromatic nitrogens is 2. The van der Waals surface area contributed by atoms with Crippen LogP contribution >= 0.6 is 0 Å². The molecule has 528 valence electrons. The van der Waals surface area contributed by atoms with E-state index in [1.165, 1.54) is 96.4 Å². The number of aromatic amines is 1. The van der Waals surface area contributed by atoms with Crippen molar-refractivity contribution < 1.29 is 48.3 Å². The van der Waals surface area contributed by atoms with E-state index in [2.05, 4.69) is 74.7 Å². The third-order valence-electron chi connectivity index (χ3n) is 15.9. The van der Waals surface area contributed by atoms with Crippen LogP contribution in [0, 0.1) is 11.8 Å². The molecular weight excluding hydrogens is 1210 g/mol. The normalized spacial score (nSPS) is 13.7. The van der Waals surface area contributed by atoms with Crippen LogP contribution < -0.4 is 70.8 Å². The zero-order chi connectivity index (χ0) is 70.1. The molecule has 0 unspecified atom stereocenters. The highest BCUT2D eigenvalue weighted by Gasteiger charge is 2.35. The number of hydrogen-bond acceptors (Lipinski definition) is 13. The molecule has 0 fully saturated rings. The summed E-state index contributed by atoms with van der Waals surface area (Å²) in [6, 6.07) is 4.66. The second kappa shape index (κ2) is 45.5. The first-order valence-electron chi connectivity index (χ1n) is 33.9. The number of aromatic hydroxyl groups is 1. The van der Waals surface area contributed by atoms with Crippen molar-refractivity contribution in [1.82, 2.24) is 57.8 Å². The third kappa shape index (κ3) is 34.3. The molecule has 27 heteroatoms. The molecule has 9 amide bonds. The second-order valence-electron chi connectivity index (χ2n) is 25.3. The summed E-state index contributed by atoms with van der Waals surface area (Å²) in [4.78, 5) is 142. The Morgan fingerprint density at radius 3 is 1.32 bits per heavy atom. The van der Waals surface area contributed by atoms with Crippen LogP contribution in [0.25, 0.3) is 0 Å². The lowest BCUT2D eigenvalue weighted by atomic mass is 10.0. The number of benzene rings is 2. The SMILES string of the molecule is CCCCCCCCCCCCCCCC(=O)N[C@@H](CC(C)C)C(=O)N[C@@H](C)C(=O)N[C@@H](Cc1ccc(O)cc1)C(=O)N[C@@H](Cc1ccccc1)C(=O)N[C@@H](CCCN=C(N)N)C(=O)N[C@@H](CCCN=C(N)N)C(=O)N[C@@H](CC(C)C)C(=O)N[C@@H](Cc1cnc[nH]1)C(=O)NC. The summed E-state index contributed by atoms with van der Waals surface area (Å²) in [5.74, 6) is -6.67. The number of guanidine groups is 2. The summed E-state index contributed by atoms with van der Waals surface area (Å²) in [6.45, 7) is 11.3. The van der Waals surface area contributed by atoms with E-state index < -0.39 is 95.6 Å². The fraction of sp³-hybridized carbons (Fsp3) is 0.618. The number of likely N-dealkylation sites (N-methyl/N-ethyl adjacent to an activating group) is 1. The summed E-state index contributed by atoms with van der Waals surface area (Å²) < 4.78 is 0. The first-order valence-corrected chi connectivity index (χ1v) is 33.9. The van der Waals surface area contributed by atoms with Gasteiger partial charge < -0.3 is 80.9 Å². The van der Waals surface area contributed by atoms with Gasteiger partial charge in [-0.3, -0.25) is 53.1 Å². The number of H-pyrrole nitrogens is 1. The van der Waals surface area contributed by atoms with Gasteiger partial charge in [0.1, 0.15) is 54.1 Å². The number of rotatable bonds is 48. The minimum Gasteiger partial charge on any atom is -0.508 e. The highest BCUT2D eigenvalue weighted by atomic mass is 16.3. The Bertz CT molecular complexity index is 2850. The highest BCUT2D eigenvalue weighted by Crippen LogP contribution is 2.17. The topological polar surface area (TPSA) is 440 Å². The van der Waals surface area contributed by atoms with Crippen molar-refractivity contribution in [2.45, 2.75) is 238 Å². The molecule has 0 bridgehead atoms. The first-order chi connectivity index (χ1) is 45.4. The van der Waals surface area contributed by atoms with Gasteiger partial charge in [-0.25, -0.2) is 4.98 Å². The Kier molecular flexibility index (Phi) is 38.6. The van der Waals surface area contributed by atoms with E-state index in [0.29, 0.717) is 29.7 Å². The largest absolute Gasteiger partial charge is 0.508 e. The molecule has 19 N–H and O–H groups in total.